The number of carbonyl (C=O) groups excluding carboxylic acids is 2. The van der Waals surface area contributed by atoms with E-state index in [0.717, 1.165) is 35.8 Å². The summed E-state index contributed by atoms with van der Waals surface area (Å²) in [5.74, 6) is 1.09. The van der Waals surface area contributed by atoms with Gasteiger partial charge < -0.3 is 24.6 Å². The van der Waals surface area contributed by atoms with Crippen LogP contribution in [0.15, 0.2) is 72.8 Å². The number of ether oxygens (including phenoxy) is 2. The van der Waals surface area contributed by atoms with Gasteiger partial charge in [-0.1, -0.05) is 18.2 Å². The van der Waals surface area contributed by atoms with Gasteiger partial charge in [-0.25, -0.2) is 0 Å². The van der Waals surface area contributed by atoms with E-state index in [4.69, 9.17) is 21.7 Å². The molecule has 1 heterocycles. The third-order valence-corrected chi connectivity index (χ3v) is 6.30. The highest BCUT2D eigenvalue weighted by atomic mass is 32.1. The number of hydrogen-bond donors (Lipinski definition) is 2. The molecule has 37 heavy (non-hydrogen) atoms. The normalized spacial score (nSPS) is 13.0. The number of hydrogen-bond acceptors (Lipinski definition) is 6. The van der Waals surface area contributed by atoms with Gasteiger partial charge in [0, 0.05) is 43.1 Å². The second-order valence-corrected chi connectivity index (χ2v) is 9.02. The molecule has 0 atom stereocenters. The molecule has 0 spiro atoms. The zero-order chi connectivity index (χ0) is 26.2. The Morgan fingerprint density at radius 3 is 2.24 bits per heavy atom. The molecule has 9 heteroatoms. The van der Waals surface area contributed by atoms with Gasteiger partial charge >= 0.3 is 0 Å². The first-order valence-corrected chi connectivity index (χ1v) is 12.4. The maximum atomic E-state index is 12.8. The summed E-state index contributed by atoms with van der Waals surface area (Å²) in [6.45, 7) is 4.56. The second-order valence-electron chi connectivity index (χ2n) is 8.61. The number of amides is 2. The number of anilines is 2. The summed E-state index contributed by atoms with van der Waals surface area (Å²) >= 11 is 5.27. The zero-order valence-corrected chi connectivity index (χ0v) is 21.7. The molecule has 1 fully saturated rings. The molecule has 0 aliphatic carbocycles. The lowest BCUT2D eigenvalue weighted by Crippen LogP contribution is -2.48. The first kappa shape index (κ1) is 26.0. The molecular weight excluding hydrogens is 488 g/mol. The summed E-state index contributed by atoms with van der Waals surface area (Å²) < 4.78 is 10.7. The highest BCUT2D eigenvalue weighted by Crippen LogP contribution is 2.21. The lowest BCUT2D eigenvalue weighted by atomic mass is 10.1. The molecule has 192 valence electrons. The molecular formula is C28H30N4O4S. The van der Waals surface area contributed by atoms with Crippen LogP contribution in [-0.2, 0) is 4.79 Å². The molecule has 0 bridgehead atoms. The Labute approximate surface area is 222 Å². The quantitative estimate of drug-likeness (QED) is 0.460. The van der Waals surface area contributed by atoms with Crippen LogP contribution in [0.4, 0.5) is 11.4 Å². The molecule has 0 radical (unpaired) electrons. The fourth-order valence-corrected chi connectivity index (χ4v) is 4.26. The number of nitrogens with one attached hydrogen (secondary N) is 2. The number of carbonyl (C=O) groups is 2. The Morgan fingerprint density at radius 2 is 1.59 bits per heavy atom. The minimum Gasteiger partial charge on any atom is -0.497 e. The Hall–Kier alpha value is -4.11. The van der Waals surface area contributed by atoms with Crippen LogP contribution in [0.3, 0.4) is 0 Å². The predicted octanol–water partition coefficient (Wildman–Crippen LogP) is 3.86. The largest absolute Gasteiger partial charge is 0.497 e. The number of piperazine rings is 1. The van der Waals surface area contributed by atoms with Crippen LogP contribution in [-0.4, -0.2) is 61.7 Å². The molecule has 2 amide bonds. The first-order valence-electron chi connectivity index (χ1n) is 12.0. The minimum absolute atomic E-state index is 0.0294. The van der Waals surface area contributed by atoms with Crippen LogP contribution in [0.2, 0.25) is 0 Å². The molecule has 2 N–H and O–H groups in total. The number of nitrogens with zero attached hydrogens (tertiary/aromatic N) is 2. The highest BCUT2D eigenvalue weighted by Gasteiger charge is 2.22. The van der Waals surface area contributed by atoms with Gasteiger partial charge in [0.25, 0.3) is 11.8 Å². The number of para-hydroxylation sites is 1. The van der Waals surface area contributed by atoms with Gasteiger partial charge in [0.15, 0.2) is 11.7 Å². The molecule has 3 aromatic carbocycles. The standard InChI is InChI=1S/C28H30N4O4S/c1-20-5-3-4-6-25(20)36-19-26(33)30-28(37)29-22-9-11-23(12-10-22)31-15-17-32(18-16-31)27(34)21-7-13-24(35-2)14-8-21/h3-14H,15-19H2,1-2H3,(H2,29,30,33,37). The predicted molar refractivity (Wildman–Crippen MR) is 149 cm³/mol. The lowest BCUT2D eigenvalue weighted by Gasteiger charge is -2.36. The molecule has 1 aliphatic rings. The number of methoxy groups -OCH3 is 1. The smallest absolute Gasteiger partial charge is 0.264 e. The van der Waals surface area contributed by atoms with Crippen molar-refractivity contribution in [2.75, 3.05) is 50.1 Å². The minimum atomic E-state index is -0.334. The number of benzene rings is 3. The fraction of sp³-hybridized carbons (Fsp3) is 0.250. The summed E-state index contributed by atoms with van der Waals surface area (Å²) in [6.07, 6.45) is 0. The van der Waals surface area contributed by atoms with Crippen LogP contribution in [0.5, 0.6) is 11.5 Å². The van der Waals surface area contributed by atoms with E-state index in [9.17, 15) is 9.59 Å². The Bertz CT molecular complexity index is 1240. The van der Waals surface area contributed by atoms with E-state index in [-0.39, 0.29) is 23.5 Å². The van der Waals surface area contributed by atoms with Crippen molar-refractivity contribution in [3.63, 3.8) is 0 Å². The van der Waals surface area contributed by atoms with Crippen LogP contribution in [0.25, 0.3) is 0 Å². The molecule has 1 saturated heterocycles. The zero-order valence-electron chi connectivity index (χ0n) is 20.9. The summed E-state index contributed by atoms with van der Waals surface area (Å²) in [4.78, 5) is 29.1. The van der Waals surface area contributed by atoms with E-state index in [1.807, 2.05) is 60.4 Å². The molecule has 8 nitrogen and oxygen atoms in total. The van der Waals surface area contributed by atoms with Crippen molar-refractivity contribution in [2.45, 2.75) is 6.92 Å². The average Bonchev–Trinajstić information content (AvgIpc) is 2.93. The summed E-state index contributed by atoms with van der Waals surface area (Å²) in [6, 6.07) is 22.5. The Kier molecular flexibility index (Phi) is 8.58. The monoisotopic (exact) mass is 518 g/mol. The van der Waals surface area contributed by atoms with Gasteiger partial charge in [0.2, 0.25) is 0 Å². The third-order valence-electron chi connectivity index (χ3n) is 6.10. The second kappa shape index (κ2) is 12.2. The summed E-state index contributed by atoms with van der Waals surface area (Å²) in [5, 5.41) is 5.86. The third kappa shape index (κ3) is 6.98. The Morgan fingerprint density at radius 1 is 0.919 bits per heavy atom. The molecule has 0 saturated carbocycles. The van der Waals surface area contributed by atoms with Crippen LogP contribution in [0, 0.1) is 6.92 Å². The Balaban J connectivity index is 1.22. The van der Waals surface area contributed by atoms with E-state index in [1.54, 1.807) is 31.4 Å². The lowest BCUT2D eigenvalue weighted by molar-refractivity contribution is -0.121. The SMILES string of the molecule is COc1ccc(C(=O)N2CCN(c3ccc(NC(=S)NC(=O)COc4ccccc4C)cc3)CC2)cc1. The molecule has 0 aromatic heterocycles. The summed E-state index contributed by atoms with van der Waals surface area (Å²) in [7, 11) is 1.61. The number of aryl methyl sites for hydroxylation is 1. The van der Waals surface area contributed by atoms with E-state index >= 15 is 0 Å². The van der Waals surface area contributed by atoms with Gasteiger partial charge in [0.1, 0.15) is 11.5 Å². The van der Waals surface area contributed by atoms with Gasteiger partial charge in [-0.3, -0.25) is 14.9 Å². The van der Waals surface area contributed by atoms with Crippen molar-refractivity contribution in [3.05, 3.63) is 83.9 Å². The molecule has 0 unspecified atom stereocenters. The van der Waals surface area contributed by atoms with Gasteiger partial charge in [-0.05, 0) is 79.3 Å². The van der Waals surface area contributed by atoms with Crippen LogP contribution in [0.1, 0.15) is 15.9 Å². The van der Waals surface area contributed by atoms with Crippen molar-refractivity contribution in [3.8, 4) is 11.5 Å². The van der Waals surface area contributed by atoms with E-state index in [1.165, 1.54) is 0 Å². The highest BCUT2D eigenvalue weighted by molar-refractivity contribution is 7.80. The van der Waals surface area contributed by atoms with E-state index in [0.29, 0.717) is 24.4 Å². The van der Waals surface area contributed by atoms with Gasteiger partial charge in [-0.15, -0.1) is 0 Å². The maximum Gasteiger partial charge on any atom is 0.264 e. The fourth-order valence-electron chi connectivity index (χ4n) is 4.03. The molecule has 3 aromatic rings. The van der Waals surface area contributed by atoms with Crippen LogP contribution >= 0.6 is 12.2 Å². The van der Waals surface area contributed by atoms with Gasteiger partial charge in [0.05, 0.1) is 7.11 Å². The van der Waals surface area contributed by atoms with E-state index in [2.05, 4.69) is 15.5 Å². The van der Waals surface area contributed by atoms with Crippen molar-refractivity contribution >= 4 is 40.5 Å². The van der Waals surface area contributed by atoms with Crippen molar-refractivity contribution in [1.82, 2.24) is 10.2 Å². The topological polar surface area (TPSA) is 83.1 Å². The first-order chi connectivity index (χ1) is 17.9. The number of rotatable bonds is 7. The van der Waals surface area contributed by atoms with Crippen molar-refractivity contribution < 1.29 is 19.1 Å². The average molecular weight is 519 g/mol. The van der Waals surface area contributed by atoms with E-state index < -0.39 is 0 Å². The van der Waals surface area contributed by atoms with Crippen molar-refractivity contribution in [1.29, 1.82) is 0 Å². The van der Waals surface area contributed by atoms with Crippen LogP contribution < -0.4 is 25.0 Å². The molecule has 1 aliphatic heterocycles. The van der Waals surface area contributed by atoms with Crippen molar-refractivity contribution in [2.24, 2.45) is 0 Å². The summed E-state index contributed by atoms with van der Waals surface area (Å²) in [5.41, 5.74) is 3.45. The molecule has 4 rings (SSSR count). The number of thiocarbonyl (C=S) groups is 1. The van der Waals surface area contributed by atoms with Gasteiger partial charge in [-0.2, -0.15) is 0 Å². The maximum absolute atomic E-state index is 12.8.